The highest BCUT2D eigenvalue weighted by Gasteiger charge is 2.18. The molecule has 3 rings (SSSR count). The van der Waals surface area contributed by atoms with Crippen molar-refractivity contribution in [3.05, 3.63) is 30.5 Å². The number of nitrogens with one attached hydrogen (secondary N) is 1. The average molecular weight is 279 g/mol. The summed E-state index contributed by atoms with van der Waals surface area (Å²) >= 11 is 0. The van der Waals surface area contributed by atoms with Crippen LogP contribution < -0.4 is 11.1 Å². The molecule has 1 fully saturated rings. The summed E-state index contributed by atoms with van der Waals surface area (Å²) in [5, 5.41) is 3.46. The number of aromatic nitrogens is 2. The number of hydrogen-bond donors (Lipinski definition) is 2. The molecule has 1 aromatic carbocycles. The number of anilines is 1. The molecule has 0 saturated heterocycles. The summed E-state index contributed by atoms with van der Waals surface area (Å²) in [5.74, 6) is 0.870. The van der Waals surface area contributed by atoms with Crippen molar-refractivity contribution >= 4 is 29.3 Å². The van der Waals surface area contributed by atoms with Crippen molar-refractivity contribution < 1.29 is 0 Å². The first kappa shape index (κ1) is 14.0. The number of hydrogen-bond acceptors (Lipinski definition) is 4. The van der Waals surface area contributed by atoms with Crippen molar-refractivity contribution in [3.8, 4) is 0 Å². The molecule has 1 aromatic heterocycles. The lowest BCUT2D eigenvalue weighted by atomic mass is 9.92. The van der Waals surface area contributed by atoms with Gasteiger partial charge in [-0.3, -0.25) is 4.98 Å². The lowest BCUT2D eigenvalue weighted by molar-refractivity contribution is 0.410. The summed E-state index contributed by atoms with van der Waals surface area (Å²) in [4.78, 5) is 9.00. The average Bonchev–Trinajstić information content (AvgIpc) is 2.41. The lowest BCUT2D eigenvalue weighted by Crippen LogP contribution is -2.33. The zero-order valence-corrected chi connectivity index (χ0v) is 11.6. The van der Waals surface area contributed by atoms with E-state index in [1.807, 2.05) is 30.5 Å². The van der Waals surface area contributed by atoms with Gasteiger partial charge in [0.15, 0.2) is 0 Å². The fourth-order valence-corrected chi connectivity index (χ4v) is 2.50. The molecule has 1 saturated carbocycles. The van der Waals surface area contributed by atoms with Crippen LogP contribution >= 0.6 is 12.4 Å². The topological polar surface area (TPSA) is 63.8 Å². The highest BCUT2D eigenvalue weighted by molar-refractivity contribution is 5.85. The molecule has 4 nitrogen and oxygen atoms in total. The molecule has 0 atom stereocenters. The van der Waals surface area contributed by atoms with E-state index >= 15 is 0 Å². The maximum atomic E-state index is 5.91. The van der Waals surface area contributed by atoms with Crippen LogP contribution in [0.1, 0.15) is 25.7 Å². The first-order valence-electron chi connectivity index (χ1n) is 6.55. The van der Waals surface area contributed by atoms with Crippen LogP contribution in [-0.4, -0.2) is 22.1 Å². The van der Waals surface area contributed by atoms with Crippen molar-refractivity contribution in [1.82, 2.24) is 9.97 Å². The van der Waals surface area contributed by atoms with Crippen molar-refractivity contribution in [2.75, 3.05) is 5.32 Å². The quantitative estimate of drug-likeness (QED) is 0.887. The van der Waals surface area contributed by atoms with Gasteiger partial charge in [-0.25, -0.2) is 4.98 Å². The Morgan fingerprint density at radius 3 is 2.47 bits per heavy atom. The van der Waals surface area contributed by atoms with E-state index < -0.39 is 0 Å². The number of halogens is 1. The predicted octanol–water partition coefficient (Wildman–Crippen LogP) is 2.73. The molecule has 0 aliphatic heterocycles. The van der Waals surface area contributed by atoms with E-state index in [1.165, 1.54) is 0 Å². The van der Waals surface area contributed by atoms with Gasteiger partial charge in [0.1, 0.15) is 5.82 Å². The Morgan fingerprint density at radius 1 is 1.05 bits per heavy atom. The second kappa shape index (κ2) is 6.17. The molecule has 1 aliphatic rings. The van der Waals surface area contributed by atoms with Crippen LogP contribution in [0.25, 0.3) is 11.0 Å². The van der Waals surface area contributed by atoms with Crippen LogP contribution in [0.15, 0.2) is 30.5 Å². The molecule has 5 heteroatoms. The first-order valence-corrected chi connectivity index (χ1v) is 6.55. The lowest BCUT2D eigenvalue weighted by Gasteiger charge is -2.27. The molecule has 0 unspecified atom stereocenters. The third kappa shape index (κ3) is 3.33. The number of benzene rings is 1. The monoisotopic (exact) mass is 278 g/mol. The zero-order valence-electron chi connectivity index (χ0n) is 10.7. The van der Waals surface area contributed by atoms with Crippen LogP contribution in [-0.2, 0) is 0 Å². The second-order valence-corrected chi connectivity index (χ2v) is 5.00. The van der Waals surface area contributed by atoms with Gasteiger partial charge in [-0.2, -0.15) is 0 Å². The van der Waals surface area contributed by atoms with Crippen LogP contribution in [0.5, 0.6) is 0 Å². The van der Waals surface area contributed by atoms with E-state index in [4.69, 9.17) is 5.73 Å². The normalized spacial score (nSPS) is 22.8. The standard InChI is InChI=1S/C14H18N4.ClH/c15-10-5-7-11(8-6-10)17-14-9-16-12-3-1-2-4-13(12)18-14;/h1-4,9-11H,5-8,15H2,(H,17,18);1H. The van der Waals surface area contributed by atoms with Crippen LogP contribution in [0.4, 0.5) is 5.82 Å². The third-order valence-corrected chi connectivity index (χ3v) is 3.57. The summed E-state index contributed by atoms with van der Waals surface area (Å²) in [6.07, 6.45) is 6.25. The van der Waals surface area contributed by atoms with E-state index in [2.05, 4.69) is 15.3 Å². The highest BCUT2D eigenvalue weighted by Crippen LogP contribution is 2.21. The molecule has 102 valence electrons. The van der Waals surface area contributed by atoms with Crippen LogP contribution in [0.2, 0.25) is 0 Å². The molecule has 1 heterocycles. The zero-order chi connectivity index (χ0) is 12.4. The molecule has 1 aliphatic carbocycles. The maximum Gasteiger partial charge on any atom is 0.145 e. The van der Waals surface area contributed by atoms with Gasteiger partial charge in [-0.15, -0.1) is 12.4 Å². The fourth-order valence-electron chi connectivity index (χ4n) is 2.50. The van der Waals surface area contributed by atoms with Gasteiger partial charge in [0.05, 0.1) is 17.2 Å². The highest BCUT2D eigenvalue weighted by atomic mass is 35.5. The molecule has 0 radical (unpaired) electrons. The van der Waals surface area contributed by atoms with E-state index in [1.54, 1.807) is 0 Å². The van der Waals surface area contributed by atoms with Gasteiger partial charge < -0.3 is 11.1 Å². The predicted molar refractivity (Wildman–Crippen MR) is 80.6 cm³/mol. The molecular weight excluding hydrogens is 260 g/mol. The third-order valence-electron chi connectivity index (χ3n) is 3.57. The Bertz CT molecular complexity index is 538. The minimum absolute atomic E-state index is 0. The Balaban J connectivity index is 0.00000133. The SMILES string of the molecule is Cl.NC1CCC(Nc2cnc3ccccc3n2)CC1. The summed E-state index contributed by atoms with van der Waals surface area (Å²) in [6.45, 7) is 0. The van der Waals surface area contributed by atoms with Gasteiger partial charge in [0, 0.05) is 12.1 Å². The molecule has 19 heavy (non-hydrogen) atoms. The van der Waals surface area contributed by atoms with Crippen molar-refractivity contribution in [2.24, 2.45) is 5.73 Å². The summed E-state index contributed by atoms with van der Waals surface area (Å²) in [5.41, 5.74) is 7.79. The molecular formula is C14H19ClN4. The summed E-state index contributed by atoms with van der Waals surface area (Å²) < 4.78 is 0. The Kier molecular flexibility index (Phi) is 4.56. The second-order valence-electron chi connectivity index (χ2n) is 5.00. The largest absolute Gasteiger partial charge is 0.366 e. The van der Waals surface area contributed by atoms with E-state index in [-0.39, 0.29) is 12.4 Å². The number of rotatable bonds is 2. The Labute approximate surface area is 119 Å². The Morgan fingerprint density at radius 2 is 1.74 bits per heavy atom. The summed E-state index contributed by atoms with van der Waals surface area (Å²) in [6, 6.07) is 8.80. The van der Waals surface area contributed by atoms with Gasteiger partial charge in [0.2, 0.25) is 0 Å². The van der Waals surface area contributed by atoms with E-state index in [0.717, 1.165) is 42.5 Å². The molecule has 0 amide bonds. The molecule has 3 N–H and O–H groups in total. The van der Waals surface area contributed by atoms with E-state index in [9.17, 15) is 0 Å². The summed E-state index contributed by atoms with van der Waals surface area (Å²) in [7, 11) is 0. The number of nitrogens with zero attached hydrogens (tertiary/aromatic N) is 2. The van der Waals surface area contributed by atoms with Crippen molar-refractivity contribution in [1.29, 1.82) is 0 Å². The van der Waals surface area contributed by atoms with Gasteiger partial charge in [-0.1, -0.05) is 12.1 Å². The van der Waals surface area contributed by atoms with Gasteiger partial charge in [-0.05, 0) is 37.8 Å². The number of nitrogens with two attached hydrogens (primary N) is 1. The van der Waals surface area contributed by atoms with Crippen molar-refractivity contribution in [2.45, 2.75) is 37.8 Å². The van der Waals surface area contributed by atoms with Crippen molar-refractivity contribution in [3.63, 3.8) is 0 Å². The van der Waals surface area contributed by atoms with Gasteiger partial charge in [0.25, 0.3) is 0 Å². The van der Waals surface area contributed by atoms with E-state index in [0.29, 0.717) is 12.1 Å². The number of para-hydroxylation sites is 2. The Hall–Kier alpha value is -1.39. The minimum Gasteiger partial charge on any atom is -0.366 e. The minimum atomic E-state index is 0. The first-order chi connectivity index (χ1) is 8.81. The van der Waals surface area contributed by atoms with Crippen LogP contribution in [0, 0.1) is 0 Å². The van der Waals surface area contributed by atoms with Crippen LogP contribution in [0.3, 0.4) is 0 Å². The molecule has 0 spiro atoms. The molecule has 0 bridgehead atoms. The van der Waals surface area contributed by atoms with Gasteiger partial charge >= 0.3 is 0 Å². The molecule has 2 aromatic rings. The maximum absolute atomic E-state index is 5.91. The number of fused-ring (bicyclic) bond motifs is 1. The fraction of sp³-hybridized carbons (Fsp3) is 0.429. The smallest absolute Gasteiger partial charge is 0.145 e.